The number of nitrogens with zero attached hydrogens (tertiary/aromatic N) is 6. The van der Waals surface area contributed by atoms with E-state index < -0.39 is 0 Å². The summed E-state index contributed by atoms with van der Waals surface area (Å²) in [6.45, 7) is 0. The van der Waals surface area contributed by atoms with E-state index in [4.69, 9.17) is 79.0 Å². The molecule has 0 atom stereocenters. The number of fused-ring (bicyclic) bond motifs is 5. The molecule has 24 nitrogen and oxygen atoms in total. The molecule has 0 aliphatic carbocycles. The van der Waals surface area contributed by atoms with Gasteiger partial charge in [-0.1, -0.05) is 24.4 Å². The van der Waals surface area contributed by atoms with E-state index in [1.54, 1.807) is 6.33 Å². The zero-order valence-corrected chi connectivity index (χ0v) is 31.7. The summed E-state index contributed by atoms with van der Waals surface area (Å²) in [5.41, 5.74) is 10.4. The van der Waals surface area contributed by atoms with Gasteiger partial charge in [-0.15, -0.1) is 0 Å². The van der Waals surface area contributed by atoms with Crippen LogP contribution in [0.3, 0.4) is 0 Å². The summed E-state index contributed by atoms with van der Waals surface area (Å²) in [5.74, 6) is 0.405. The first-order valence-electron chi connectivity index (χ1n) is 14.7. The molecule has 0 saturated heterocycles. The molecule has 16 N–H and O–H groups in total. The molecule has 55 heavy (non-hydrogen) atoms. The highest BCUT2D eigenvalue weighted by atomic mass is 32.1. The van der Waals surface area contributed by atoms with E-state index in [1.165, 1.54) is 25.3 Å². The maximum atomic E-state index is 11.2. The fraction of sp³-hybridized carbons (Fsp3) is 0. The van der Waals surface area contributed by atoms with Gasteiger partial charge in [0.2, 0.25) is 0 Å². The van der Waals surface area contributed by atoms with Crippen LogP contribution in [0.2, 0.25) is 0 Å². The third-order valence-corrected chi connectivity index (χ3v) is 8.09. The Hall–Kier alpha value is -6.73. The van der Waals surface area contributed by atoms with Crippen LogP contribution in [0.4, 0.5) is 5.82 Å². The average Bonchev–Trinajstić information content (AvgIpc) is 3.96. The Balaban J connectivity index is 0.000000117. The van der Waals surface area contributed by atoms with Gasteiger partial charge in [0.25, 0.3) is 11.1 Å². The second-order valence-electron chi connectivity index (χ2n) is 10.2. The predicted octanol–water partition coefficient (Wildman–Crippen LogP) is 3.20. The number of hydrogen-bond acceptors (Lipinski definition) is 16. The summed E-state index contributed by atoms with van der Waals surface area (Å²) in [6.07, 6.45) is 7.41. The molecule has 0 spiro atoms. The van der Waals surface area contributed by atoms with Gasteiger partial charge in [-0.2, -0.15) is 0 Å². The van der Waals surface area contributed by atoms with Crippen molar-refractivity contribution in [2.45, 2.75) is 0 Å². The number of nitrogen functional groups attached to an aromatic ring is 1. The molecule has 10 aromatic heterocycles. The topological polar surface area (TPSA) is 376 Å². The van der Waals surface area contributed by atoms with Crippen LogP contribution in [0.25, 0.3) is 55.8 Å². The molecule has 30 heteroatoms. The molecule has 0 aromatic carbocycles. The minimum Gasteiger partial charge on any atom is -0.382 e. The highest BCUT2D eigenvalue weighted by molar-refractivity contribution is 7.72. The van der Waals surface area contributed by atoms with Gasteiger partial charge in [0, 0.05) is 0 Å². The van der Waals surface area contributed by atoms with Crippen molar-refractivity contribution in [2.75, 3.05) is 5.73 Å². The Morgan fingerprint density at radius 1 is 0.436 bits per heavy atom. The minimum absolute atomic E-state index is 0.249. The Kier molecular flexibility index (Phi) is 11.4. The largest absolute Gasteiger partial charge is 0.382 e. The summed E-state index contributed by atoms with van der Waals surface area (Å²) in [5, 5.41) is 0. The normalized spacial score (nSPS) is 10.5. The van der Waals surface area contributed by atoms with Crippen LogP contribution in [-0.2, 0) is 0 Å². The first-order chi connectivity index (χ1) is 26.4. The van der Waals surface area contributed by atoms with Gasteiger partial charge in [0.15, 0.2) is 52.1 Å². The fourth-order valence-corrected chi connectivity index (χ4v) is 5.59. The molecule has 0 unspecified atom stereocenters. The van der Waals surface area contributed by atoms with E-state index in [9.17, 15) is 14.4 Å². The van der Waals surface area contributed by atoms with E-state index in [-0.39, 0.29) is 26.4 Å². The van der Waals surface area contributed by atoms with Gasteiger partial charge in [-0.25, -0.2) is 34.7 Å². The second-order valence-corrected chi connectivity index (χ2v) is 12.6. The van der Waals surface area contributed by atoms with Crippen LogP contribution in [-0.4, -0.2) is 99.7 Å². The SMILES string of the molecule is Nc1ncnc2[nH]c(=S)[nH]c12.O=c1[nH]c(=S)[nH]c2[nH]c(=S)[nH]c12.O=c1[nH]c(=S)[nH]c2nc[nH]c12.O=c1[nH]c(=S)c2[nH]cnc2[nH]1.S=c1nc[nH]c2nc[nH]c12. The van der Waals surface area contributed by atoms with Gasteiger partial charge < -0.3 is 55.6 Å². The quantitative estimate of drug-likeness (QED) is 0.0974. The zero-order valence-electron chi connectivity index (χ0n) is 26.8. The van der Waals surface area contributed by atoms with Crippen LogP contribution in [0.15, 0.2) is 46.0 Å². The van der Waals surface area contributed by atoms with Crippen molar-refractivity contribution >= 4 is 135 Å². The molecule has 10 aromatic rings. The maximum Gasteiger partial charge on any atom is 0.325 e. The van der Waals surface area contributed by atoms with Crippen molar-refractivity contribution in [3.05, 3.63) is 91.2 Å². The number of rotatable bonds is 0. The molecule has 0 aliphatic heterocycles. The number of nitrogens with two attached hydrogens (primary N) is 1. The lowest BCUT2D eigenvalue weighted by Gasteiger charge is -1.89. The number of anilines is 1. The summed E-state index contributed by atoms with van der Waals surface area (Å²) >= 11 is 28.9. The monoisotopic (exact) mass is 855 g/mol. The number of H-pyrrole nitrogens is 14. The molecule has 0 amide bonds. The van der Waals surface area contributed by atoms with Gasteiger partial charge in [0.05, 0.1) is 25.3 Å². The summed E-state index contributed by atoms with van der Waals surface area (Å²) in [6, 6.07) is 0. The third kappa shape index (κ3) is 9.08. The Labute approximate surface area is 329 Å². The van der Waals surface area contributed by atoms with Crippen molar-refractivity contribution in [3.8, 4) is 0 Å². The van der Waals surface area contributed by atoms with Crippen LogP contribution in [0.1, 0.15) is 0 Å². The molecule has 0 aliphatic rings. The summed E-state index contributed by atoms with van der Waals surface area (Å²) in [4.78, 5) is 93.8. The van der Waals surface area contributed by atoms with E-state index in [2.05, 4.69) is 99.7 Å². The van der Waals surface area contributed by atoms with E-state index in [1.807, 2.05) is 0 Å². The fourth-order valence-electron chi connectivity index (χ4n) is 4.34. The van der Waals surface area contributed by atoms with E-state index in [0.29, 0.717) is 69.3 Å². The zero-order chi connectivity index (χ0) is 39.2. The second kappa shape index (κ2) is 16.5. The third-order valence-electron chi connectivity index (χ3n) is 6.65. The van der Waals surface area contributed by atoms with Crippen molar-refractivity contribution in [1.29, 1.82) is 0 Å². The first kappa shape index (κ1) is 38.0. The molecular weight excluding hydrogens is 835 g/mol. The van der Waals surface area contributed by atoms with Crippen LogP contribution >= 0.6 is 73.3 Å². The van der Waals surface area contributed by atoms with Gasteiger partial charge in [0.1, 0.15) is 44.2 Å². The molecule has 0 radical (unpaired) electrons. The highest BCUT2D eigenvalue weighted by Gasteiger charge is 2.02. The van der Waals surface area contributed by atoms with E-state index in [0.717, 1.165) is 11.2 Å². The number of aromatic amines is 14. The number of nitrogens with one attached hydrogen (secondary N) is 14. The predicted molar refractivity (Wildman–Crippen MR) is 216 cm³/mol. The smallest absolute Gasteiger partial charge is 0.325 e. The molecular formula is C25H21N21O3S6. The molecule has 0 fully saturated rings. The van der Waals surface area contributed by atoms with Crippen molar-refractivity contribution < 1.29 is 0 Å². The van der Waals surface area contributed by atoms with Crippen molar-refractivity contribution in [3.63, 3.8) is 0 Å². The Morgan fingerprint density at radius 3 is 1.62 bits per heavy atom. The van der Waals surface area contributed by atoms with Gasteiger partial charge >= 0.3 is 5.69 Å². The minimum atomic E-state index is -0.338. The lowest BCUT2D eigenvalue weighted by atomic mass is 10.5. The van der Waals surface area contributed by atoms with Crippen LogP contribution in [0.5, 0.6) is 0 Å². The van der Waals surface area contributed by atoms with E-state index >= 15 is 0 Å². The lowest BCUT2D eigenvalue weighted by molar-refractivity contribution is 1.09. The van der Waals surface area contributed by atoms with Crippen molar-refractivity contribution in [2.24, 2.45) is 0 Å². The first-order valence-corrected chi connectivity index (χ1v) is 17.1. The highest BCUT2D eigenvalue weighted by Crippen LogP contribution is 2.10. The molecule has 10 heterocycles. The van der Waals surface area contributed by atoms with Gasteiger partial charge in [-0.3, -0.25) is 29.5 Å². The van der Waals surface area contributed by atoms with Gasteiger partial charge in [-0.05, 0) is 48.9 Å². The van der Waals surface area contributed by atoms with Crippen LogP contribution in [0, 0.1) is 28.4 Å². The lowest BCUT2D eigenvalue weighted by Crippen LogP contribution is -2.09. The Bertz CT molecular complexity index is 3390. The maximum absolute atomic E-state index is 11.2. The number of imidazole rings is 5. The Morgan fingerprint density at radius 2 is 0.945 bits per heavy atom. The average molecular weight is 856 g/mol. The number of aromatic nitrogens is 20. The molecule has 0 saturated carbocycles. The standard InChI is InChI=1S/C5H5N5S.C5H4N4OS2.2C5H4N4OS.C5H4N4S/c6-3-2-4(8-1-7-3)10-5(11)9-2;10-3-1-2(7-4(11)6-1)8-5(12)9-3;10-5-8-3-2(4(11)9-5)6-1-7-3;10-4-2-3(7-1-6-2)8-5(11)9-4;10-5-3-4(7-1-6-3)8-2-9-5/h1H,(H4,6,7,8,9,10,11);(H4,6,7,8,9,10,11,12);2*1H,(H3,6,7,8,9,10,11);1-2H,(H2,6,7,8,9,10). The number of hydrogen-bond donors (Lipinski definition) is 15. The molecule has 0 bridgehead atoms. The molecule has 280 valence electrons. The molecule has 10 rings (SSSR count). The summed E-state index contributed by atoms with van der Waals surface area (Å²) < 4.78 is 2.39. The summed E-state index contributed by atoms with van der Waals surface area (Å²) in [7, 11) is 0. The van der Waals surface area contributed by atoms with Crippen LogP contribution < -0.4 is 22.5 Å². The van der Waals surface area contributed by atoms with Crippen molar-refractivity contribution in [1.82, 2.24) is 99.7 Å².